The van der Waals surface area contributed by atoms with Crippen molar-refractivity contribution in [3.8, 4) is 0 Å². The van der Waals surface area contributed by atoms with Gasteiger partial charge in [-0.25, -0.2) is 0 Å². The van der Waals surface area contributed by atoms with E-state index in [1.54, 1.807) is 7.11 Å². The van der Waals surface area contributed by atoms with Crippen LogP contribution >= 0.6 is 0 Å². The van der Waals surface area contributed by atoms with Gasteiger partial charge in [0.25, 0.3) is 0 Å². The van der Waals surface area contributed by atoms with E-state index in [0.717, 1.165) is 30.0 Å². The van der Waals surface area contributed by atoms with Gasteiger partial charge >= 0.3 is 0 Å². The van der Waals surface area contributed by atoms with Gasteiger partial charge in [0.15, 0.2) is 5.60 Å². The van der Waals surface area contributed by atoms with Crippen molar-refractivity contribution in [2.75, 3.05) is 25.1 Å². The minimum atomic E-state index is -0.593. The molecule has 0 aromatic heterocycles. The highest BCUT2D eigenvalue weighted by atomic mass is 16.6. The van der Waals surface area contributed by atoms with Crippen LogP contribution in [-0.2, 0) is 9.47 Å². The van der Waals surface area contributed by atoms with E-state index in [9.17, 15) is 0 Å². The normalized spacial score (nSPS) is 22.1. The monoisotopic (exact) mass is 376 g/mol. The molecule has 1 atom stereocenters. The Labute approximate surface area is 167 Å². The molecule has 1 aliphatic carbocycles. The average molecular weight is 377 g/mol. The maximum atomic E-state index is 6.77. The van der Waals surface area contributed by atoms with Crippen molar-refractivity contribution in [1.82, 2.24) is 0 Å². The summed E-state index contributed by atoms with van der Waals surface area (Å²) >= 11 is 0. The molecule has 2 aliphatic rings. The lowest BCUT2D eigenvalue weighted by Crippen LogP contribution is -2.51. The van der Waals surface area contributed by atoms with Crippen molar-refractivity contribution in [2.45, 2.75) is 37.4 Å². The molecule has 0 amide bonds. The fourth-order valence-electron chi connectivity index (χ4n) is 4.19. The van der Waals surface area contributed by atoms with Gasteiger partial charge in [0, 0.05) is 17.6 Å². The lowest BCUT2D eigenvalue weighted by atomic mass is 9.96. The zero-order valence-corrected chi connectivity index (χ0v) is 16.5. The average Bonchev–Trinajstić information content (AvgIpc) is 3.26. The predicted molar refractivity (Wildman–Crippen MR) is 114 cm³/mol. The quantitative estimate of drug-likeness (QED) is 0.671. The van der Waals surface area contributed by atoms with Crippen molar-refractivity contribution in [3.63, 3.8) is 0 Å². The SMILES string of the molecule is COC1=CC=NCC1(CN(c1ccccc1)c1ccccc1)OC1CCCC1. The molecule has 1 saturated carbocycles. The molecular formula is C24H28N2O2. The van der Waals surface area contributed by atoms with Crippen molar-refractivity contribution in [3.05, 3.63) is 72.5 Å². The lowest BCUT2D eigenvalue weighted by Gasteiger charge is -2.41. The highest BCUT2D eigenvalue weighted by molar-refractivity contribution is 5.74. The molecule has 0 radical (unpaired) electrons. The second kappa shape index (κ2) is 8.61. The van der Waals surface area contributed by atoms with Crippen molar-refractivity contribution >= 4 is 17.6 Å². The van der Waals surface area contributed by atoms with E-state index in [1.165, 1.54) is 12.8 Å². The molecule has 1 heterocycles. The molecule has 0 spiro atoms. The molecule has 4 nitrogen and oxygen atoms in total. The predicted octanol–water partition coefficient (Wildman–Crippen LogP) is 5.14. The van der Waals surface area contributed by atoms with Crippen LogP contribution in [0.2, 0.25) is 0 Å². The van der Waals surface area contributed by atoms with Gasteiger partial charge in [-0.15, -0.1) is 0 Å². The minimum absolute atomic E-state index is 0.264. The highest BCUT2D eigenvalue weighted by Gasteiger charge is 2.43. The number of methoxy groups -OCH3 is 1. The number of hydrogen-bond donors (Lipinski definition) is 0. The summed E-state index contributed by atoms with van der Waals surface area (Å²) in [6.07, 6.45) is 8.73. The van der Waals surface area contributed by atoms with Crippen LogP contribution in [0.15, 0.2) is 77.5 Å². The number of rotatable bonds is 7. The van der Waals surface area contributed by atoms with Crippen molar-refractivity contribution in [1.29, 1.82) is 0 Å². The van der Waals surface area contributed by atoms with E-state index in [0.29, 0.717) is 13.1 Å². The minimum Gasteiger partial charge on any atom is -0.498 e. The Bertz CT molecular complexity index is 774. The lowest BCUT2D eigenvalue weighted by molar-refractivity contribution is -0.0811. The van der Waals surface area contributed by atoms with Gasteiger partial charge in [0.1, 0.15) is 5.76 Å². The van der Waals surface area contributed by atoms with E-state index in [1.807, 2.05) is 24.4 Å². The van der Waals surface area contributed by atoms with Gasteiger partial charge < -0.3 is 14.4 Å². The van der Waals surface area contributed by atoms with Gasteiger partial charge in [-0.3, -0.25) is 4.99 Å². The molecule has 146 valence electrons. The highest BCUT2D eigenvalue weighted by Crippen LogP contribution is 2.36. The molecule has 0 saturated heterocycles. The summed E-state index contributed by atoms with van der Waals surface area (Å²) in [7, 11) is 1.73. The van der Waals surface area contributed by atoms with Crippen LogP contribution in [0.25, 0.3) is 0 Å². The number of aliphatic imine (C=N–C) groups is 1. The Kier molecular flexibility index (Phi) is 5.77. The number of dihydropyridines is 1. The largest absolute Gasteiger partial charge is 0.498 e. The molecule has 0 N–H and O–H groups in total. The second-order valence-corrected chi connectivity index (χ2v) is 7.50. The van der Waals surface area contributed by atoms with Crippen LogP contribution in [0.3, 0.4) is 0 Å². The van der Waals surface area contributed by atoms with Crippen LogP contribution < -0.4 is 4.90 Å². The fraction of sp³-hybridized carbons (Fsp3) is 0.375. The number of hydrogen-bond acceptors (Lipinski definition) is 4. The van der Waals surface area contributed by atoms with Crippen LogP contribution in [0.5, 0.6) is 0 Å². The number of anilines is 2. The number of benzene rings is 2. The van der Waals surface area contributed by atoms with E-state index < -0.39 is 5.60 Å². The summed E-state index contributed by atoms with van der Waals surface area (Å²) in [5, 5.41) is 0. The first-order valence-corrected chi connectivity index (χ1v) is 10.1. The van der Waals surface area contributed by atoms with E-state index in [4.69, 9.17) is 9.47 Å². The van der Waals surface area contributed by atoms with Crippen molar-refractivity contribution in [2.24, 2.45) is 4.99 Å². The fourth-order valence-corrected chi connectivity index (χ4v) is 4.19. The third-order valence-corrected chi connectivity index (χ3v) is 5.59. The Balaban J connectivity index is 1.72. The first-order chi connectivity index (χ1) is 13.8. The van der Waals surface area contributed by atoms with E-state index in [-0.39, 0.29) is 6.10 Å². The Morgan fingerprint density at radius 1 is 0.964 bits per heavy atom. The summed E-state index contributed by atoms with van der Waals surface area (Å²) in [5.41, 5.74) is 1.67. The maximum Gasteiger partial charge on any atom is 0.162 e. The first-order valence-electron chi connectivity index (χ1n) is 10.1. The number of nitrogens with zero attached hydrogens (tertiary/aromatic N) is 2. The topological polar surface area (TPSA) is 34.1 Å². The third-order valence-electron chi connectivity index (χ3n) is 5.59. The summed E-state index contributed by atoms with van der Waals surface area (Å²) in [6, 6.07) is 20.9. The van der Waals surface area contributed by atoms with Gasteiger partial charge in [-0.2, -0.15) is 0 Å². The zero-order valence-electron chi connectivity index (χ0n) is 16.5. The maximum absolute atomic E-state index is 6.77. The number of allylic oxidation sites excluding steroid dienone is 1. The van der Waals surface area contributed by atoms with Gasteiger partial charge in [-0.1, -0.05) is 49.2 Å². The number of ether oxygens (including phenoxy) is 2. The molecular weight excluding hydrogens is 348 g/mol. The zero-order chi connectivity index (χ0) is 19.2. The second-order valence-electron chi connectivity index (χ2n) is 7.50. The molecule has 1 aliphatic heterocycles. The van der Waals surface area contributed by atoms with Crippen LogP contribution in [-0.4, -0.2) is 38.1 Å². The molecule has 28 heavy (non-hydrogen) atoms. The molecule has 0 bridgehead atoms. The summed E-state index contributed by atoms with van der Waals surface area (Å²) in [6.45, 7) is 1.22. The molecule has 1 fully saturated rings. The Hall–Kier alpha value is -2.59. The molecule has 2 aromatic carbocycles. The van der Waals surface area contributed by atoms with Crippen LogP contribution in [0.1, 0.15) is 25.7 Å². The van der Waals surface area contributed by atoms with E-state index in [2.05, 4.69) is 58.4 Å². The van der Waals surface area contributed by atoms with Crippen LogP contribution in [0.4, 0.5) is 11.4 Å². The smallest absolute Gasteiger partial charge is 0.162 e. The summed E-state index contributed by atoms with van der Waals surface area (Å²) < 4.78 is 12.6. The standard InChI is InChI=1S/C24H28N2O2/c1-27-23-16-17-25-18-24(23,28-22-14-8-9-15-22)19-26(20-10-4-2-5-11-20)21-12-6-3-7-13-21/h2-7,10-13,16-17,22H,8-9,14-15,18-19H2,1H3. The molecule has 4 rings (SSSR count). The Morgan fingerprint density at radius 2 is 1.57 bits per heavy atom. The first kappa shape index (κ1) is 18.8. The van der Waals surface area contributed by atoms with Gasteiger partial charge in [0.05, 0.1) is 26.3 Å². The number of para-hydroxylation sites is 2. The Morgan fingerprint density at radius 3 is 2.14 bits per heavy atom. The summed E-state index contributed by atoms with van der Waals surface area (Å²) in [4.78, 5) is 6.89. The summed E-state index contributed by atoms with van der Waals surface area (Å²) in [5.74, 6) is 0.853. The van der Waals surface area contributed by atoms with Crippen LogP contribution in [0, 0.1) is 0 Å². The molecule has 1 unspecified atom stereocenters. The van der Waals surface area contributed by atoms with E-state index >= 15 is 0 Å². The van der Waals surface area contributed by atoms with Crippen molar-refractivity contribution < 1.29 is 9.47 Å². The van der Waals surface area contributed by atoms with Gasteiger partial charge in [0.2, 0.25) is 0 Å². The van der Waals surface area contributed by atoms with Gasteiger partial charge in [-0.05, 0) is 43.2 Å². The third kappa shape index (κ3) is 3.97. The molecule has 4 heteroatoms. The molecule has 2 aromatic rings.